The van der Waals surface area contributed by atoms with Gasteiger partial charge in [-0.3, -0.25) is 0 Å². The Morgan fingerprint density at radius 3 is 2.30 bits per heavy atom. The van der Waals surface area contributed by atoms with Gasteiger partial charge in [-0.15, -0.1) is 23.5 Å². The third-order valence-corrected chi connectivity index (χ3v) is 6.74. The lowest BCUT2D eigenvalue weighted by atomic mass is 10.8. The molecule has 0 fully saturated rings. The summed E-state index contributed by atoms with van der Waals surface area (Å²) in [5, 5.41) is 0. The van der Waals surface area contributed by atoms with Crippen LogP contribution in [0.3, 0.4) is 0 Å². The Kier molecular flexibility index (Phi) is 3.72. The van der Waals surface area contributed by atoms with E-state index in [4.69, 9.17) is 12.2 Å². The molecule has 1 aromatic heterocycles. The first-order chi connectivity index (χ1) is 4.79. The number of thioether (sulfide) groups is 2. The molecule has 0 saturated heterocycles. The Morgan fingerprint density at radius 2 is 1.90 bits per heavy atom. The molecule has 0 nitrogen and oxygen atoms in total. The molecule has 1 rings (SSSR count). The molecular formula is C5H6S5. The first-order valence-corrected chi connectivity index (χ1v) is 7.51. The van der Waals surface area contributed by atoms with Gasteiger partial charge in [-0.1, -0.05) is 32.9 Å². The van der Waals surface area contributed by atoms with Crippen molar-refractivity contribution in [3.63, 3.8) is 0 Å². The van der Waals surface area contributed by atoms with Gasteiger partial charge in [-0.2, -0.15) is 0 Å². The van der Waals surface area contributed by atoms with Gasteiger partial charge < -0.3 is 0 Å². The summed E-state index contributed by atoms with van der Waals surface area (Å²) in [6.07, 6.45) is 4.16. The summed E-state index contributed by atoms with van der Waals surface area (Å²) >= 11 is 8.66. The van der Waals surface area contributed by atoms with Crippen LogP contribution in [0, 0.1) is 3.82 Å². The standard InChI is InChI=1S/C5H6S5/c1-7-3-4(6)9-10-5(3)8-2/h1-2H3. The quantitative estimate of drug-likeness (QED) is 0.425. The Hall–Kier alpha value is 0.970. The minimum Gasteiger partial charge on any atom is -0.125 e. The molecule has 0 aliphatic heterocycles. The van der Waals surface area contributed by atoms with Crippen molar-refractivity contribution in [1.82, 2.24) is 0 Å². The molecule has 0 aliphatic carbocycles. The first kappa shape index (κ1) is 9.06. The fourth-order valence-corrected chi connectivity index (χ4v) is 6.28. The van der Waals surface area contributed by atoms with E-state index >= 15 is 0 Å². The molecule has 56 valence electrons. The highest BCUT2D eigenvalue weighted by Gasteiger charge is 2.04. The summed E-state index contributed by atoms with van der Waals surface area (Å²) in [5.74, 6) is 0. The molecule has 1 aromatic rings. The van der Waals surface area contributed by atoms with E-state index in [9.17, 15) is 0 Å². The average Bonchev–Trinajstić information content (AvgIpc) is 2.30. The second-order valence-electron chi connectivity index (χ2n) is 1.48. The van der Waals surface area contributed by atoms with Crippen molar-refractivity contribution < 1.29 is 0 Å². The molecule has 0 aromatic carbocycles. The summed E-state index contributed by atoms with van der Waals surface area (Å²) in [7, 11) is 3.48. The van der Waals surface area contributed by atoms with Crippen molar-refractivity contribution in [2.24, 2.45) is 0 Å². The Morgan fingerprint density at radius 1 is 1.20 bits per heavy atom. The van der Waals surface area contributed by atoms with Gasteiger partial charge in [-0.05, 0) is 12.5 Å². The van der Waals surface area contributed by atoms with Crippen LogP contribution >= 0.6 is 56.4 Å². The summed E-state index contributed by atoms with van der Waals surface area (Å²) in [6, 6.07) is 0. The topological polar surface area (TPSA) is 0 Å². The highest BCUT2D eigenvalue weighted by molar-refractivity contribution is 8.05. The monoisotopic (exact) mass is 226 g/mol. The highest BCUT2D eigenvalue weighted by Crippen LogP contribution is 2.37. The lowest BCUT2D eigenvalue weighted by Gasteiger charge is -1.91. The van der Waals surface area contributed by atoms with Gasteiger partial charge in [0.15, 0.2) is 0 Å². The zero-order valence-electron chi connectivity index (χ0n) is 5.54. The third-order valence-electron chi connectivity index (χ3n) is 0.953. The van der Waals surface area contributed by atoms with Crippen LogP contribution in [0.4, 0.5) is 0 Å². The molecule has 0 saturated carbocycles. The molecule has 5 heteroatoms. The second-order valence-corrected chi connectivity index (χ2v) is 6.19. The lowest BCUT2D eigenvalue weighted by molar-refractivity contribution is 1.40. The van der Waals surface area contributed by atoms with Crippen LogP contribution in [0.1, 0.15) is 0 Å². The zero-order chi connectivity index (χ0) is 7.56. The van der Waals surface area contributed by atoms with Crippen LogP contribution in [0.5, 0.6) is 0 Å². The Balaban J connectivity index is 3.13. The Labute approximate surface area is 81.4 Å². The smallest absolute Gasteiger partial charge is 0.116 e. The van der Waals surface area contributed by atoms with Crippen molar-refractivity contribution in [3.05, 3.63) is 3.82 Å². The van der Waals surface area contributed by atoms with E-state index < -0.39 is 0 Å². The third kappa shape index (κ3) is 1.76. The van der Waals surface area contributed by atoms with Gasteiger partial charge in [0.2, 0.25) is 0 Å². The van der Waals surface area contributed by atoms with Crippen molar-refractivity contribution in [1.29, 1.82) is 0 Å². The van der Waals surface area contributed by atoms with E-state index in [0.717, 1.165) is 3.82 Å². The van der Waals surface area contributed by atoms with Crippen LogP contribution in [-0.2, 0) is 0 Å². The normalized spacial score (nSPS) is 10.2. The van der Waals surface area contributed by atoms with Crippen LogP contribution in [0.2, 0.25) is 0 Å². The van der Waals surface area contributed by atoms with E-state index in [2.05, 4.69) is 12.5 Å². The lowest BCUT2D eigenvalue weighted by Crippen LogP contribution is -1.64. The van der Waals surface area contributed by atoms with E-state index in [-0.39, 0.29) is 0 Å². The molecule has 0 radical (unpaired) electrons. The summed E-state index contributed by atoms with van der Waals surface area (Å²) < 4.78 is 2.41. The molecule has 0 atom stereocenters. The van der Waals surface area contributed by atoms with Crippen molar-refractivity contribution in [2.75, 3.05) is 12.5 Å². The number of hydrogen-bond acceptors (Lipinski definition) is 5. The average molecular weight is 226 g/mol. The summed E-state index contributed by atoms with van der Waals surface area (Å²) in [6.45, 7) is 0. The predicted octanol–water partition coefficient (Wildman–Crippen LogP) is 3.98. The van der Waals surface area contributed by atoms with Gasteiger partial charge in [0, 0.05) is 0 Å². The highest BCUT2D eigenvalue weighted by atomic mass is 32.9. The number of rotatable bonds is 2. The molecule has 0 aliphatic rings. The maximum atomic E-state index is 5.13. The molecule has 1 heterocycles. The van der Waals surface area contributed by atoms with Crippen LogP contribution in [-0.4, -0.2) is 12.5 Å². The van der Waals surface area contributed by atoms with Crippen molar-refractivity contribution >= 4 is 56.4 Å². The Bertz CT molecular complexity index is 257. The molecule has 10 heavy (non-hydrogen) atoms. The molecular weight excluding hydrogens is 220 g/mol. The molecule has 0 bridgehead atoms. The van der Waals surface area contributed by atoms with E-state index in [1.165, 1.54) is 9.10 Å². The molecule has 0 N–H and O–H groups in total. The van der Waals surface area contributed by atoms with Gasteiger partial charge in [-0.25, -0.2) is 0 Å². The maximum Gasteiger partial charge on any atom is 0.116 e. The van der Waals surface area contributed by atoms with Gasteiger partial charge in [0.05, 0.1) is 9.10 Å². The predicted molar refractivity (Wildman–Crippen MR) is 56.6 cm³/mol. The molecule has 0 unspecified atom stereocenters. The summed E-state index contributed by atoms with van der Waals surface area (Å²) in [5.41, 5.74) is 0. The first-order valence-electron chi connectivity index (χ1n) is 2.50. The van der Waals surface area contributed by atoms with Gasteiger partial charge >= 0.3 is 0 Å². The zero-order valence-corrected chi connectivity index (χ0v) is 9.62. The minimum absolute atomic E-state index is 1.04. The van der Waals surface area contributed by atoms with E-state index in [0.29, 0.717) is 0 Å². The van der Waals surface area contributed by atoms with Crippen molar-refractivity contribution in [3.8, 4) is 0 Å². The minimum atomic E-state index is 1.04. The van der Waals surface area contributed by atoms with Gasteiger partial charge in [0.1, 0.15) is 3.82 Å². The molecule has 0 spiro atoms. The summed E-state index contributed by atoms with van der Waals surface area (Å²) in [4.78, 5) is 1.29. The molecule has 0 amide bonds. The largest absolute Gasteiger partial charge is 0.125 e. The van der Waals surface area contributed by atoms with E-state index in [1.54, 1.807) is 44.2 Å². The van der Waals surface area contributed by atoms with Crippen LogP contribution < -0.4 is 0 Å². The van der Waals surface area contributed by atoms with Crippen molar-refractivity contribution in [2.45, 2.75) is 9.10 Å². The second kappa shape index (κ2) is 4.11. The van der Waals surface area contributed by atoms with E-state index in [1.807, 2.05) is 0 Å². The van der Waals surface area contributed by atoms with Crippen LogP contribution in [0.25, 0.3) is 0 Å². The fraction of sp³-hybridized carbons (Fsp3) is 0.400. The van der Waals surface area contributed by atoms with Crippen LogP contribution in [0.15, 0.2) is 9.10 Å². The SMILES string of the molecule is CSc1ssc(=S)c1SC. The maximum absolute atomic E-state index is 5.13. The fourth-order valence-electron chi connectivity index (χ4n) is 0.528. The van der Waals surface area contributed by atoms with Gasteiger partial charge in [0.25, 0.3) is 0 Å². The number of hydrogen-bond donors (Lipinski definition) is 0.